The topological polar surface area (TPSA) is 71.8 Å². The predicted octanol–water partition coefficient (Wildman–Crippen LogP) is 3.50. The number of benzene rings is 1. The molecule has 0 radical (unpaired) electrons. The summed E-state index contributed by atoms with van der Waals surface area (Å²) in [4.78, 5) is 19.5. The molecule has 0 amide bonds. The summed E-state index contributed by atoms with van der Waals surface area (Å²) in [6, 6.07) is 8.58. The lowest BCUT2D eigenvalue weighted by Crippen LogP contribution is -2.05. The second kappa shape index (κ2) is 7.31. The van der Waals surface area contributed by atoms with Crippen LogP contribution in [0.15, 0.2) is 47.6 Å². The summed E-state index contributed by atoms with van der Waals surface area (Å²) in [5.74, 6) is -0.803. The fourth-order valence-corrected chi connectivity index (χ4v) is 3.30. The molecule has 1 aliphatic heterocycles. The minimum absolute atomic E-state index is 0.00613. The first kappa shape index (κ1) is 17.4. The van der Waals surface area contributed by atoms with Gasteiger partial charge in [0.1, 0.15) is 11.6 Å². The van der Waals surface area contributed by atoms with Crippen molar-refractivity contribution in [2.75, 3.05) is 13.2 Å². The zero-order chi connectivity index (χ0) is 18.8. The van der Waals surface area contributed by atoms with Gasteiger partial charge in [-0.25, -0.2) is 4.39 Å². The van der Waals surface area contributed by atoms with E-state index in [1.54, 1.807) is 24.5 Å². The highest BCUT2D eigenvalue weighted by molar-refractivity contribution is 5.88. The second-order valence-electron chi connectivity index (χ2n) is 6.80. The summed E-state index contributed by atoms with van der Waals surface area (Å²) in [7, 11) is 0. The summed E-state index contributed by atoms with van der Waals surface area (Å²) in [6.45, 7) is 0.965. The molecule has 2 unspecified atom stereocenters. The largest absolute Gasteiger partial charge is 0.492 e. The molecule has 2 aromatic rings. The van der Waals surface area contributed by atoms with Crippen LogP contribution < -0.4 is 4.74 Å². The Bertz CT molecular complexity index is 922. The van der Waals surface area contributed by atoms with Gasteiger partial charge in [-0.1, -0.05) is 12.1 Å². The molecule has 4 rings (SSSR count). The maximum Gasteiger partial charge on any atom is 0.307 e. The third-order valence-electron chi connectivity index (χ3n) is 4.95. The molecule has 2 heterocycles. The molecular weight excluding hydrogens is 347 g/mol. The van der Waals surface area contributed by atoms with Gasteiger partial charge in [-0.05, 0) is 47.7 Å². The summed E-state index contributed by atoms with van der Waals surface area (Å²) in [6.07, 6.45) is 6.39. The van der Waals surface area contributed by atoms with E-state index >= 15 is 0 Å². The molecule has 0 saturated heterocycles. The van der Waals surface area contributed by atoms with E-state index in [1.807, 2.05) is 18.2 Å². The van der Waals surface area contributed by atoms with Gasteiger partial charge >= 0.3 is 5.97 Å². The van der Waals surface area contributed by atoms with Crippen molar-refractivity contribution in [3.05, 3.63) is 65.2 Å². The minimum Gasteiger partial charge on any atom is -0.492 e. The maximum atomic E-state index is 14.1. The first-order valence-corrected chi connectivity index (χ1v) is 8.91. The van der Waals surface area contributed by atoms with Crippen molar-refractivity contribution >= 4 is 17.8 Å². The number of ether oxygens (including phenoxy) is 1. The Morgan fingerprint density at radius 1 is 1.30 bits per heavy atom. The fraction of sp³-hybridized carbons (Fsp3) is 0.286. The lowest BCUT2D eigenvalue weighted by atomic mass is 10.0. The minimum atomic E-state index is -0.787. The molecule has 5 nitrogen and oxygen atoms in total. The smallest absolute Gasteiger partial charge is 0.307 e. The Kier molecular flexibility index (Phi) is 4.71. The van der Waals surface area contributed by atoms with Crippen LogP contribution in [0.4, 0.5) is 4.39 Å². The standard InChI is InChI=1S/C21H19FN2O3/c22-19-3-1-13(17-10-18(17)21(25)26)9-14(19)6-8-27-16-2-4-20(24-12-16)15-5-7-23-11-15/h1-5,7,9,12,17-18H,6,8,10-11H2,(H,25,26). The molecule has 1 aliphatic carbocycles. The van der Waals surface area contributed by atoms with E-state index in [-0.39, 0.29) is 17.7 Å². The quantitative estimate of drug-likeness (QED) is 0.814. The molecule has 2 aliphatic rings. The molecule has 2 atom stereocenters. The average Bonchev–Trinajstić information content (AvgIpc) is 3.29. The number of pyridine rings is 1. The predicted molar refractivity (Wildman–Crippen MR) is 99.7 cm³/mol. The van der Waals surface area contributed by atoms with Crippen LogP contribution in [0.1, 0.15) is 29.2 Å². The van der Waals surface area contributed by atoms with E-state index in [1.165, 1.54) is 6.07 Å². The van der Waals surface area contributed by atoms with Crippen LogP contribution in [-0.2, 0) is 11.2 Å². The molecule has 1 aromatic heterocycles. The number of hydrogen-bond donors (Lipinski definition) is 1. The van der Waals surface area contributed by atoms with Crippen molar-refractivity contribution < 1.29 is 19.0 Å². The van der Waals surface area contributed by atoms with Crippen LogP contribution in [0, 0.1) is 11.7 Å². The molecule has 1 fully saturated rings. The third-order valence-corrected chi connectivity index (χ3v) is 4.95. The number of carbonyl (C=O) groups is 1. The number of hydrogen-bond acceptors (Lipinski definition) is 4. The number of aromatic nitrogens is 1. The van der Waals surface area contributed by atoms with Crippen LogP contribution in [-0.4, -0.2) is 35.4 Å². The number of carboxylic acids is 1. The zero-order valence-corrected chi connectivity index (χ0v) is 14.6. The van der Waals surface area contributed by atoms with Crippen molar-refractivity contribution in [1.82, 2.24) is 4.98 Å². The van der Waals surface area contributed by atoms with E-state index in [9.17, 15) is 9.18 Å². The lowest BCUT2D eigenvalue weighted by Gasteiger charge is -2.09. The number of carboxylic acid groups (broad SMARTS) is 1. The number of aliphatic carboxylic acids is 1. The van der Waals surface area contributed by atoms with Crippen LogP contribution in [0.25, 0.3) is 5.57 Å². The Morgan fingerprint density at radius 3 is 2.85 bits per heavy atom. The Labute approximate surface area is 156 Å². The van der Waals surface area contributed by atoms with Crippen LogP contribution in [0.5, 0.6) is 5.75 Å². The van der Waals surface area contributed by atoms with Crippen molar-refractivity contribution in [3.8, 4) is 5.75 Å². The summed E-state index contributed by atoms with van der Waals surface area (Å²) in [5.41, 5.74) is 3.37. The Balaban J connectivity index is 1.34. The van der Waals surface area contributed by atoms with Crippen LogP contribution in [0.3, 0.4) is 0 Å². The highest BCUT2D eigenvalue weighted by Gasteiger charge is 2.44. The van der Waals surface area contributed by atoms with Gasteiger partial charge in [-0.3, -0.25) is 14.8 Å². The van der Waals surface area contributed by atoms with E-state index < -0.39 is 5.97 Å². The van der Waals surface area contributed by atoms with E-state index in [4.69, 9.17) is 9.84 Å². The lowest BCUT2D eigenvalue weighted by molar-refractivity contribution is -0.138. The highest BCUT2D eigenvalue weighted by atomic mass is 19.1. The van der Waals surface area contributed by atoms with Crippen LogP contribution >= 0.6 is 0 Å². The monoisotopic (exact) mass is 366 g/mol. The molecular formula is C21H19FN2O3. The van der Waals surface area contributed by atoms with Gasteiger partial charge in [0.05, 0.1) is 31.0 Å². The Hall–Kier alpha value is -3.02. The van der Waals surface area contributed by atoms with Crippen molar-refractivity contribution in [2.45, 2.75) is 18.8 Å². The van der Waals surface area contributed by atoms with Crippen molar-refractivity contribution in [3.63, 3.8) is 0 Å². The van der Waals surface area contributed by atoms with Gasteiger partial charge in [0, 0.05) is 18.2 Å². The van der Waals surface area contributed by atoms with Gasteiger partial charge in [-0.15, -0.1) is 0 Å². The first-order valence-electron chi connectivity index (χ1n) is 8.91. The van der Waals surface area contributed by atoms with E-state index in [0.717, 1.165) is 16.8 Å². The number of nitrogens with zero attached hydrogens (tertiary/aromatic N) is 2. The molecule has 1 N–H and O–H groups in total. The summed E-state index contributed by atoms with van der Waals surface area (Å²) < 4.78 is 19.7. The normalized spacial score (nSPS) is 20.4. The van der Waals surface area contributed by atoms with Crippen molar-refractivity contribution in [2.24, 2.45) is 10.9 Å². The molecule has 6 heteroatoms. The summed E-state index contributed by atoms with van der Waals surface area (Å²) >= 11 is 0. The maximum absolute atomic E-state index is 14.1. The molecule has 27 heavy (non-hydrogen) atoms. The van der Waals surface area contributed by atoms with Gasteiger partial charge in [-0.2, -0.15) is 0 Å². The summed E-state index contributed by atoms with van der Waals surface area (Å²) in [5, 5.41) is 9.05. The van der Waals surface area contributed by atoms with Gasteiger partial charge < -0.3 is 9.84 Å². The van der Waals surface area contributed by atoms with E-state index in [2.05, 4.69) is 9.98 Å². The van der Waals surface area contributed by atoms with Gasteiger partial charge in [0.2, 0.25) is 0 Å². The van der Waals surface area contributed by atoms with Crippen LogP contribution in [0.2, 0.25) is 0 Å². The number of aliphatic imine (C=N–C) groups is 1. The molecule has 138 valence electrons. The third kappa shape index (κ3) is 3.89. The molecule has 1 aromatic carbocycles. The SMILES string of the molecule is O=C(O)C1CC1c1ccc(F)c(CCOc2ccc(C3=CC=NC3)nc2)c1. The van der Waals surface area contributed by atoms with Crippen molar-refractivity contribution in [1.29, 1.82) is 0 Å². The number of halogens is 1. The zero-order valence-electron chi connectivity index (χ0n) is 14.6. The molecule has 0 bridgehead atoms. The molecule has 0 spiro atoms. The van der Waals surface area contributed by atoms with E-state index in [0.29, 0.717) is 37.3 Å². The average molecular weight is 366 g/mol. The van der Waals surface area contributed by atoms with Gasteiger partial charge in [0.25, 0.3) is 0 Å². The number of rotatable bonds is 7. The second-order valence-corrected chi connectivity index (χ2v) is 6.80. The highest BCUT2D eigenvalue weighted by Crippen LogP contribution is 2.47. The fourth-order valence-electron chi connectivity index (χ4n) is 3.30. The molecule has 1 saturated carbocycles. The van der Waals surface area contributed by atoms with Gasteiger partial charge in [0.15, 0.2) is 0 Å². The Morgan fingerprint density at radius 2 is 2.19 bits per heavy atom. The first-order chi connectivity index (χ1) is 13.1. The number of allylic oxidation sites excluding steroid dienone is 1.